The van der Waals surface area contributed by atoms with Crippen molar-refractivity contribution in [3.8, 4) is 0 Å². The Morgan fingerprint density at radius 2 is 1.25 bits per heavy atom. The zero-order chi connectivity index (χ0) is 11.9. The number of unbranched alkanes of at least 4 members (excludes halogenated alkanes) is 8. The first-order valence-corrected chi connectivity index (χ1v) is 7.01. The number of hydrogen-bond acceptors (Lipinski definition) is 0. The van der Waals surface area contributed by atoms with Crippen LogP contribution in [0, 0.1) is 6.92 Å². The summed E-state index contributed by atoms with van der Waals surface area (Å²) in [6, 6.07) is 0. The molecule has 0 aliphatic heterocycles. The van der Waals surface area contributed by atoms with Crippen molar-refractivity contribution in [2.24, 2.45) is 0 Å². The summed E-state index contributed by atoms with van der Waals surface area (Å²) < 4.78 is 0. The zero-order valence-corrected chi connectivity index (χ0v) is 11.1. The van der Waals surface area contributed by atoms with Crippen LogP contribution in [0.15, 0.2) is 24.3 Å². The Balaban J connectivity index is 3.03. The zero-order valence-electron chi connectivity index (χ0n) is 11.1. The lowest BCUT2D eigenvalue weighted by Crippen LogP contribution is -1.77. The lowest BCUT2D eigenvalue weighted by atomic mass is 10.1. The van der Waals surface area contributed by atoms with E-state index in [1.54, 1.807) is 0 Å². The third-order valence-electron chi connectivity index (χ3n) is 2.80. The molecule has 0 aliphatic rings. The molecule has 0 fully saturated rings. The first kappa shape index (κ1) is 15.5. The maximum Gasteiger partial charge on any atom is -0.0316 e. The molecule has 0 aromatic carbocycles. The molecule has 0 N–H and O–H groups in total. The summed E-state index contributed by atoms with van der Waals surface area (Å²) in [6.45, 7) is 5.95. The molecule has 0 heteroatoms. The van der Waals surface area contributed by atoms with Crippen molar-refractivity contribution in [3.05, 3.63) is 31.2 Å². The second-order valence-corrected chi connectivity index (χ2v) is 4.43. The van der Waals surface area contributed by atoms with Crippen molar-refractivity contribution in [1.82, 2.24) is 0 Å². The normalized spacial score (nSPS) is 11.9. The molecular formula is C16H29. The molecule has 0 nitrogen and oxygen atoms in total. The van der Waals surface area contributed by atoms with E-state index in [4.69, 9.17) is 0 Å². The van der Waals surface area contributed by atoms with Gasteiger partial charge in [-0.15, -0.1) is 0 Å². The van der Waals surface area contributed by atoms with E-state index in [1.807, 2.05) is 6.08 Å². The Labute approximate surface area is 103 Å². The van der Waals surface area contributed by atoms with Crippen molar-refractivity contribution < 1.29 is 0 Å². The molecule has 93 valence electrons. The summed E-state index contributed by atoms with van der Waals surface area (Å²) in [6.07, 6.45) is 22.1. The fourth-order valence-electron chi connectivity index (χ4n) is 1.75. The van der Waals surface area contributed by atoms with Crippen LogP contribution in [0.5, 0.6) is 0 Å². The number of rotatable bonds is 11. The highest BCUT2D eigenvalue weighted by molar-refractivity contribution is 4.86. The minimum Gasteiger partial charge on any atom is -0.0885 e. The van der Waals surface area contributed by atoms with E-state index >= 15 is 0 Å². The lowest BCUT2D eigenvalue weighted by molar-refractivity contribution is 0.611. The topological polar surface area (TPSA) is 0 Å². The average molecular weight is 221 g/mol. The van der Waals surface area contributed by atoms with Gasteiger partial charge in [-0.2, -0.15) is 0 Å². The monoisotopic (exact) mass is 221 g/mol. The van der Waals surface area contributed by atoms with E-state index in [0.717, 1.165) is 0 Å². The van der Waals surface area contributed by atoms with Gasteiger partial charge in [-0.3, -0.25) is 0 Å². The SMILES string of the molecule is [CH2]/C=C/CCC/C=C/CCCCCCCC. The molecule has 0 aromatic rings. The standard InChI is InChI=1S/C16H29/c1-3-5-7-9-11-13-15-16-14-12-10-8-6-4-2/h3,5,13,15H,1,4,6-12,14,16H2,2H3/b5-3+,15-13+. The van der Waals surface area contributed by atoms with Gasteiger partial charge >= 0.3 is 0 Å². The maximum absolute atomic E-state index is 3.68. The van der Waals surface area contributed by atoms with E-state index in [-0.39, 0.29) is 0 Å². The molecule has 0 heterocycles. The van der Waals surface area contributed by atoms with Gasteiger partial charge < -0.3 is 0 Å². The molecule has 0 aromatic heterocycles. The first-order chi connectivity index (χ1) is 7.91. The van der Waals surface area contributed by atoms with Crippen LogP contribution in [-0.2, 0) is 0 Å². The predicted molar refractivity (Wildman–Crippen MR) is 75.5 cm³/mol. The van der Waals surface area contributed by atoms with Crippen LogP contribution in [0.2, 0.25) is 0 Å². The summed E-state index contributed by atoms with van der Waals surface area (Å²) in [5.74, 6) is 0. The third-order valence-corrected chi connectivity index (χ3v) is 2.80. The predicted octanol–water partition coefficient (Wildman–Crippen LogP) is 5.85. The van der Waals surface area contributed by atoms with Crippen LogP contribution < -0.4 is 0 Å². The average Bonchev–Trinajstić information content (AvgIpc) is 2.31. The van der Waals surface area contributed by atoms with E-state index in [1.165, 1.54) is 64.2 Å². The van der Waals surface area contributed by atoms with Crippen LogP contribution in [-0.4, -0.2) is 0 Å². The van der Waals surface area contributed by atoms with Crippen molar-refractivity contribution in [3.63, 3.8) is 0 Å². The summed E-state index contributed by atoms with van der Waals surface area (Å²) in [5.41, 5.74) is 0. The summed E-state index contributed by atoms with van der Waals surface area (Å²) >= 11 is 0. The van der Waals surface area contributed by atoms with Crippen LogP contribution in [0.1, 0.15) is 71.1 Å². The highest BCUT2D eigenvalue weighted by Crippen LogP contribution is 2.07. The van der Waals surface area contributed by atoms with Gasteiger partial charge in [0.2, 0.25) is 0 Å². The van der Waals surface area contributed by atoms with Crippen molar-refractivity contribution in [1.29, 1.82) is 0 Å². The largest absolute Gasteiger partial charge is 0.0885 e. The lowest BCUT2D eigenvalue weighted by Gasteiger charge is -1.97. The van der Waals surface area contributed by atoms with Crippen molar-refractivity contribution in [2.75, 3.05) is 0 Å². The Bertz CT molecular complexity index is 165. The highest BCUT2D eigenvalue weighted by Gasteiger charge is 1.87. The van der Waals surface area contributed by atoms with Gasteiger partial charge in [-0.25, -0.2) is 0 Å². The van der Waals surface area contributed by atoms with E-state index in [2.05, 4.69) is 32.1 Å². The molecule has 0 saturated heterocycles. The minimum atomic E-state index is 1.17. The molecule has 0 saturated carbocycles. The van der Waals surface area contributed by atoms with Gasteiger partial charge in [0.15, 0.2) is 0 Å². The second-order valence-electron chi connectivity index (χ2n) is 4.43. The third kappa shape index (κ3) is 13.5. The minimum absolute atomic E-state index is 1.17. The van der Waals surface area contributed by atoms with Crippen LogP contribution in [0.3, 0.4) is 0 Å². The van der Waals surface area contributed by atoms with Crippen molar-refractivity contribution >= 4 is 0 Å². The van der Waals surface area contributed by atoms with E-state index in [0.29, 0.717) is 0 Å². The molecular weight excluding hydrogens is 192 g/mol. The molecule has 16 heavy (non-hydrogen) atoms. The summed E-state index contributed by atoms with van der Waals surface area (Å²) in [4.78, 5) is 0. The molecule has 0 spiro atoms. The first-order valence-electron chi connectivity index (χ1n) is 7.01. The number of hydrogen-bond donors (Lipinski definition) is 0. The Hall–Kier alpha value is -0.520. The highest BCUT2D eigenvalue weighted by atomic mass is 13.9. The van der Waals surface area contributed by atoms with Gasteiger partial charge in [-0.05, 0) is 39.0 Å². The van der Waals surface area contributed by atoms with Gasteiger partial charge in [0.05, 0.1) is 0 Å². The van der Waals surface area contributed by atoms with E-state index in [9.17, 15) is 0 Å². The Morgan fingerprint density at radius 1 is 0.688 bits per heavy atom. The van der Waals surface area contributed by atoms with Gasteiger partial charge in [0.1, 0.15) is 0 Å². The molecule has 0 atom stereocenters. The van der Waals surface area contributed by atoms with Gasteiger partial charge in [-0.1, -0.05) is 63.3 Å². The molecule has 0 unspecified atom stereocenters. The van der Waals surface area contributed by atoms with E-state index < -0.39 is 0 Å². The second kappa shape index (κ2) is 14.5. The van der Waals surface area contributed by atoms with Crippen LogP contribution in [0.25, 0.3) is 0 Å². The molecule has 0 amide bonds. The molecule has 0 aliphatic carbocycles. The fraction of sp³-hybridized carbons (Fsp3) is 0.688. The quantitative estimate of drug-likeness (QED) is 0.303. The van der Waals surface area contributed by atoms with Crippen LogP contribution >= 0.6 is 0 Å². The molecule has 0 bridgehead atoms. The Morgan fingerprint density at radius 3 is 1.94 bits per heavy atom. The fourth-order valence-corrected chi connectivity index (χ4v) is 1.75. The van der Waals surface area contributed by atoms with Gasteiger partial charge in [0.25, 0.3) is 0 Å². The molecule has 0 rings (SSSR count). The smallest absolute Gasteiger partial charge is 0.0316 e. The summed E-state index contributed by atoms with van der Waals surface area (Å²) in [7, 11) is 0. The number of allylic oxidation sites excluding steroid dienone is 4. The molecule has 1 radical (unpaired) electrons. The summed E-state index contributed by atoms with van der Waals surface area (Å²) in [5, 5.41) is 0. The maximum atomic E-state index is 3.68. The van der Waals surface area contributed by atoms with Gasteiger partial charge in [0, 0.05) is 0 Å². The van der Waals surface area contributed by atoms with Crippen LogP contribution in [0.4, 0.5) is 0 Å². The Kier molecular flexibility index (Phi) is 14.0. The van der Waals surface area contributed by atoms with Crippen molar-refractivity contribution in [2.45, 2.75) is 71.1 Å².